The number of benzene rings is 1. The van der Waals surface area contributed by atoms with Crippen molar-refractivity contribution < 1.29 is 65.6 Å². The maximum absolute atomic E-state index is 13.3. The van der Waals surface area contributed by atoms with Crippen LogP contribution in [0.4, 0.5) is 4.39 Å². The van der Waals surface area contributed by atoms with E-state index in [4.69, 9.17) is 4.74 Å². The van der Waals surface area contributed by atoms with Crippen molar-refractivity contribution in [1.29, 1.82) is 0 Å². The summed E-state index contributed by atoms with van der Waals surface area (Å²) in [6.45, 7) is 0. The third kappa shape index (κ3) is 2.46. The van der Waals surface area contributed by atoms with Gasteiger partial charge in [0, 0.05) is 5.75 Å². The minimum Gasteiger partial charge on any atom is -0.562 e. The summed E-state index contributed by atoms with van der Waals surface area (Å²) >= 11 is 0. The maximum atomic E-state index is 13.3. The van der Waals surface area contributed by atoms with Gasteiger partial charge in [0.15, 0.2) is 0 Å². The SMILES string of the molecule is Oc1c[c-]cc(F)c1OC1CC2CC2C1.[K+]. The molecule has 1 aromatic carbocycles. The number of fused-ring (bicyclic) bond motifs is 1. The van der Waals surface area contributed by atoms with Gasteiger partial charge in [-0.05, 0) is 31.1 Å². The second-order valence-corrected chi connectivity index (χ2v) is 4.48. The molecule has 0 heterocycles. The molecule has 2 aliphatic carbocycles. The summed E-state index contributed by atoms with van der Waals surface area (Å²) in [5, 5.41) is 9.43. The summed E-state index contributed by atoms with van der Waals surface area (Å²) in [6, 6.07) is 5.02. The standard InChI is InChI=1S/C12H12FO2.K/c13-10-2-1-3-11(14)12(10)15-9-5-7-4-8(7)6-9;/h2-3,7-9,14H,4-6H2;/q-1;+1. The van der Waals surface area contributed by atoms with Crippen LogP contribution in [0.2, 0.25) is 0 Å². The quantitative estimate of drug-likeness (QED) is 0.564. The summed E-state index contributed by atoms with van der Waals surface area (Å²) in [4.78, 5) is 0. The van der Waals surface area contributed by atoms with Gasteiger partial charge in [0.05, 0.1) is 17.7 Å². The first kappa shape index (κ1) is 12.8. The molecule has 2 nitrogen and oxygen atoms in total. The molecule has 1 aromatic rings. The number of rotatable bonds is 2. The van der Waals surface area contributed by atoms with E-state index in [1.807, 2.05) is 0 Å². The fraction of sp³-hybridized carbons (Fsp3) is 0.500. The molecule has 2 aliphatic rings. The molecule has 2 unspecified atom stereocenters. The molecule has 0 bridgehead atoms. The molecule has 2 atom stereocenters. The van der Waals surface area contributed by atoms with Crippen LogP contribution in [0.3, 0.4) is 0 Å². The molecule has 0 amide bonds. The van der Waals surface area contributed by atoms with Gasteiger partial charge in [0.1, 0.15) is 0 Å². The summed E-state index contributed by atoms with van der Waals surface area (Å²) in [5.74, 6) is 0.872. The monoisotopic (exact) mass is 246 g/mol. The maximum Gasteiger partial charge on any atom is 1.00 e. The number of phenols is 1. The first-order valence-electron chi connectivity index (χ1n) is 5.29. The molecule has 0 spiro atoms. The van der Waals surface area contributed by atoms with Crippen molar-refractivity contribution in [2.45, 2.75) is 25.4 Å². The summed E-state index contributed by atoms with van der Waals surface area (Å²) in [5.41, 5.74) is 0. The van der Waals surface area contributed by atoms with Gasteiger partial charge < -0.3 is 9.84 Å². The van der Waals surface area contributed by atoms with Crippen molar-refractivity contribution in [1.82, 2.24) is 0 Å². The molecular weight excluding hydrogens is 234 g/mol. The van der Waals surface area contributed by atoms with E-state index in [0.29, 0.717) is 0 Å². The van der Waals surface area contributed by atoms with Crippen molar-refractivity contribution in [3.8, 4) is 11.5 Å². The fourth-order valence-electron chi connectivity index (χ4n) is 2.49. The van der Waals surface area contributed by atoms with Crippen LogP contribution in [0.5, 0.6) is 11.5 Å². The smallest absolute Gasteiger partial charge is 0.562 e. The first-order valence-corrected chi connectivity index (χ1v) is 5.29. The molecule has 3 rings (SSSR count). The van der Waals surface area contributed by atoms with Crippen LogP contribution in [0, 0.1) is 23.7 Å². The number of hydrogen-bond donors (Lipinski definition) is 1. The average Bonchev–Trinajstić information content (AvgIpc) is 2.81. The predicted octanol–water partition coefficient (Wildman–Crippen LogP) is -0.487. The van der Waals surface area contributed by atoms with E-state index in [9.17, 15) is 9.50 Å². The predicted molar refractivity (Wildman–Crippen MR) is 52.1 cm³/mol. The van der Waals surface area contributed by atoms with E-state index in [2.05, 4.69) is 6.07 Å². The van der Waals surface area contributed by atoms with Crippen molar-refractivity contribution in [2.24, 2.45) is 11.8 Å². The Labute approximate surface area is 137 Å². The average molecular weight is 246 g/mol. The first-order chi connectivity index (χ1) is 7.24. The van der Waals surface area contributed by atoms with Crippen LogP contribution < -0.4 is 56.1 Å². The Hall–Kier alpha value is 0.386. The van der Waals surface area contributed by atoms with Crippen LogP contribution in [-0.4, -0.2) is 11.2 Å². The van der Waals surface area contributed by atoms with Gasteiger partial charge in [0.25, 0.3) is 0 Å². The van der Waals surface area contributed by atoms with Crippen LogP contribution in [0.1, 0.15) is 19.3 Å². The molecule has 0 saturated heterocycles. The Bertz CT molecular complexity index is 366. The number of halogens is 1. The van der Waals surface area contributed by atoms with Gasteiger partial charge in [-0.25, -0.2) is 0 Å². The van der Waals surface area contributed by atoms with Crippen LogP contribution >= 0.6 is 0 Å². The van der Waals surface area contributed by atoms with Gasteiger partial charge in [-0.15, -0.1) is 12.1 Å². The zero-order valence-corrected chi connectivity index (χ0v) is 12.4. The van der Waals surface area contributed by atoms with E-state index in [1.165, 1.54) is 18.6 Å². The Morgan fingerprint density at radius 1 is 1.25 bits per heavy atom. The Balaban J connectivity index is 0.000000963. The van der Waals surface area contributed by atoms with Gasteiger partial charge in [-0.1, -0.05) is 0 Å². The van der Waals surface area contributed by atoms with Gasteiger partial charge in [-0.2, -0.15) is 6.07 Å². The fourth-order valence-corrected chi connectivity index (χ4v) is 2.49. The van der Waals surface area contributed by atoms with Gasteiger partial charge >= 0.3 is 51.4 Å². The number of aromatic hydroxyl groups is 1. The van der Waals surface area contributed by atoms with E-state index in [-0.39, 0.29) is 69.0 Å². The third-order valence-electron chi connectivity index (χ3n) is 3.36. The molecule has 80 valence electrons. The summed E-state index contributed by atoms with van der Waals surface area (Å²) in [7, 11) is 0. The number of ether oxygens (including phenoxy) is 1. The van der Waals surface area contributed by atoms with Crippen LogP contribution in [-0.2, 0) is 0 Å². The van der Waals surface area contributed by atoms with E-state index < -0.39 is 5.82 Å². The number of phenolic OH excluding ortho intramolecular Hbond substituents is 1. The molecular formula is C12H12FKO2. The second kappa shape index (κ2) is 4.94. The second-order valence-electron chi connectivity index (χ2n) is 4.48. The molecule has 1 N–H and O–H groups in total. The van der Waals surface area contributed by atoms with Crippen LogP contribution in [0.25, 0.3) is 0 Å². The van der Waals surface area contributed by atoms with Gasteiger partial charge in [0.2, 0.25) is 0 Å². The van der Waals surface area contributed by atoms with Crippen molar-refractivity contribution in [2.75, 3.05) is 0 Å². The Morgan fingerprint density at radius 3 is 2.56 bits per heavy atom. The molecule has 4 heteroatoms. The third-order valence-corrected chi connectivity index (χ3v) is 3.36. The normalized spacial score (nSPS) is 30.4. The van der Waals surface area contributed by atoms with E-state index >= 15 is 0 Å². The van der Waals surface area contributed by atoms with E-state index in [0.717, 1.165) is 24.7 Å². The minimum absolute atomic E-state index is 0. The largest absolute Gasteiger partial charge is 1.00 e. The van der Waals surface area contributed by atoms with Crippen molar-refractivity contribution >= 4 is 0 Å². The summed E-state index contributed by atoms with van der Waals surface area (Å²) < 4.78 is 18.8. The zero-order chi connectivity index (χ0) is 10.4. The van der Waals surface area contributed by atoms with Crippen molar-refractivity contribution in [3.63, 3.8) is 0 Å². The molecule has 0 aliphatic heterocycles. The number of hydrogen-bond acceptors (Lipinski definition) is 2. The minimum atomic E-state index is -0.532. The zero-order valence-electron chi connectivity index (χ0n) is 9.24. The van der Waals surface area contributed by atoms with Crippen LogP contribution in [0.15, 0.2) is 12.1 Å². The van der Waals surface area contributed by atoms with E-state index in [1.54, 1.807) is 0 Å². The Morgan fingerprint density at radius 2 is 1.94 bits per heavy atom. The molecule has 16 heavy (non-hydrogen) atoms. The summed E-state index contributed by atoms with van der Waals surface area (Å²) in [6.07, 6.45) is 3.39. The Kier molecular flexibility index (Phi) is 3.96. The van der Waals surface area contributed by atoms with Gasteiger partial charge in [-0.3, -0.25) is 4.39 Å². The molecule has 0 aromatic heterocycles. The molecule has 0 radical (unpaired) electrons. The van der Waals surface area contributed by atoms with Crippen molar-refractivity contribution in [3.05, 3.63) is 24.0 Å². The topological polar surface area (TPSA) is 29.5 Å². The molecule has 2 saturated carbocycles. The molecule has 2 fully saturated rings.